The number of ether oxygens (including phenoxy) is 1. The van der Waals surface area contributed by atoms with Gasteiger partial charge in [-0.25, -0.2) is 4.90 Å². The van der Waals surface area contributed by atoms with Gasteiger partial charge >= 0.3 is 0 Å². The highest BCUT2D eigenvalue weighted by Gasteiger charge is 2.48. The number of amides is 2. The molecule has 2 atom stereocenters. The number of nitro groups is 1. The number of nitrogens with one attached hydrogen (secondary N) is 1. The van der Waals surface area contributed by atoms with Crippen molar-refractivity contribution in [2.45, 2.75) is 19.3 Å². The van der Waals surface area contributed by atoms with Crippen molar-refractivity contribution in [3.05, 3.63) is 70.3 Å². The molecule has 8 heteroatoms. The van der Waals surface area contributed by atoms with Crippen LogP contribution in [0.15, 0.2) is 54.6 Å². The highest BCUT2D eigenvalue weighted by Crippen LogP contribution is 2.39. The Morgan fingerprint density at radius 1 is 1.06 bits per heavy atom. The summed E-state index contributed by atoms with van der Waals surface area (Å²) in [6, 6.07) is 12.1. The normalized spacial score (nSPS) is 20.0. The van der Waals surface area contributed by atoms with Gasteiger partial charge in [-0.15, -0.1) is 0 Å². The maximum absolute atomic E-state index is 12.8. The van der Waals surface area contributed by atoms with Crippen LogP contribution in [0.3, 0.4) is 0 Å². The molecule has 0 saturated carbocycles. The van der Waals surface area contributed by atoms with E-state index in [1.807, 2.05) is 36.4 Å². The van der Waals surface area contributed by atoms with Crippen molar-refractivity contribution in [1.29, 1.82) is 0 Å². The van der Waals surface area contributed by atoms with E-state index in [1.54, 1.807) is 19.2 Å². The van der Waals surface area contributed by atoms with Crippen LogP contribution in [0.1, 0.15) is 18.4 Å². The van der Waals surface area contributed by atoms with Crippen LogP contribution in [-0.2, 0) is 16.0 Å². The molecule has 2 unspecified atom stereocenters. The first-order valence-corrected chi connectivity index (χ1v) is 10.2. The number of carbonyl (C=O) groups is 2. The average molecular weight is 421 g/mol. The standard InChI is InChI=1S/C23H23N3O5/c1-31-17-9-6-15(7-10-17)12-13-24-20-11-8-16(14-21(20)26(29)30)25-22(27)18-4-2-3-5-19(18)23(25)28/h2-3,6-11,14,18-19,24H,4-5,12-13H2,1H3. The van der Waals surface area contributed by atoms with Crippen LogP contribution in [0, 0.1) is 22.0 Å². The third kappa shape index (κ3) is 4.01. The molecule has 8 nitrogen and oxygen atoms in total. The fourth-order valence-electron chi connectivity index (χ4n) is 4.15. The van der Waals surface area contributed by atoms with Crippen molar-refractivity contribution in [3.8, 4) is 5.75 Å². The highest BCUT2D eigenvalue weighted by molar-refractivity contribution is 6.22. The van der Waals surface area contributed by atoms with Crippen LogP contribution in [-0.4, -0.2) is 30.4 Å². The molecule has 4 rings (SSSR count). The van der Waals surface area contributed by atoms with E-state index in [4.69, 9.17) is 4.74 Å². The lowest BCUT2D eigenvalue weighted by atomic mass is 9.85. The van der Waals surface area contributed by atoms with E-state index in [0.29, 0.717) is 31.5 Å². The zero-order chi connectivity index (χ0) is 22.0. The van der Waals surface area contributed by atoms with Gasteiger partial charge in [0.05, 0.1) is 29.6 Å². The van der Waals surface area contributed by atoms with Gasteiger partial charge in [0.1, 0.15) is 11.4 Å². The summed E-state index contributed by atoms with van der Waals surface area (Å²) in [5.74, 6) is -0.551. The number of nitrogens with zero attached hydrogens (tertiary/aromatic N) is 2. The van der Waals surface area contributed by atoms with Crippen molar-refractivity contribution in [1.82, 2.24) is 0 Å². The van der Waals surface area contributed by atoms with E-state index in [9.17, 15) is 19.7 Å². The Morgan fingerprint density at radius 2 is 1.71 bits per heavy atom. The lowest BCUT2D eigenvalue weighted by Gasteiger charge is -2.16. The number of benzene rings is 2. The lowest BCUT2D eigenvalue weighted by molar-refractivity contribution is -0.383. The van der Waals surface area contributed by atoms with E-state index in [0.717, 1.165) is 16.2 Å². The van der Waals surface area contributed by atoms with Crippen molar-refractivity contribution in [2.24, 2.45) is 11.8 Å². The number of anilines is 2. The molecule has 1 heterocycles. The summed E-state index contributed by atoms with van der Waals surface area (Å²) < 4.78 is 5.14. The fraction of sp³-hybridized carbons (Fsp3) is 0.304. The van der Waals surface area contributed by atoms with Gasteiger partial charge in [-0.05, 0) is 49.1 Å². The minimum absolute atomic E-state index is 0.166. The van der Waals surface area contributed by atoms with Crippen LogP contribution >= 0.6 is 0 Å². The van der Waals surface area contributed by atoms with Gasteiger partial charge in [0.2, 0.25) is 11.8 Å². The second-order valence-electron chi connectivity index (χ2n) is 7.65. The molecule has 0 radical (unpaired) electrons. The molecule has 1 aliphatic carbocycles. The van der Waals surface area contributed by atoms with Crippen LogP contribution in [0.5, 0.6) is 5.75 Å². The van der Waals surface area contributed by atoms with Crippen LogP contribution in [0.4, 0.5) is 17.1 Å². The monoisotopic (exact) mass is 421 g/mol. The number of hydrogen-bond acceptors (Lipinski definition) is 6. The molecular formula is C23H23N3O5. The topological polar surface area (TPSA) is 102 Å². The van der Waals surface area contributed by atoms with Crippen molar-refractivity contribution < 1.29 is 19.2 Å². The van der Waals surface area contributed by atoms with Gasteiger partial charge in [-0.3, -0.25) is 19.7 Å². The maximum atomic E-state index is 12.8. The molecule has 2 aromatic rings. The maximum Gasteiger partial charge on any atom is 0.294 e. The van der Waals surface area contributed by atoms with Gasteiger partial charge in [0.15, 0.2) is 0 Å². The first-order chi connectivity index (χ1) is 15.0. The summed E-state index contributed by atoms with van der Waals surface area (Å²) in [7, 11) is 1.60. The number of hydrogen-bond donors (Lipinski definition) is 1. The third-order valence-corrected chi connectivity index (χ3v) is 5.83. The summed E-state index contributed by atoms with van der Waals surface area (Å²) >= 11 is 0. The second-order valence-corrected chi connectivity index (χ2v) is 7.65. The van der Waals surface area contributed by atoms with Crippen molar-refractivity contribution >= 4 is 28.9 Å². The van der Waals surface area contributed by atoms with Gasteiger partial charge in [0.25, 0.3) is 5.69 Å². The van der Waals surface area contributed by atoms with E-state index < -0.39 is 4.92 Å². The predicted octanol–water partition coefficient (Wildman–Crippen LogP) is 3.71. The largest absolute Gasteiger partial charge is 0.497 e. The smallest absolute Gasteiger partial charge is 0.294 e. The van der Waals surface area contributed by atoms with Gasteiger partial charge in [0, 0.05) is 12.6 Å². The molecule has 1 N–H and O–H groups in total. The first kappa shape index (κ1) is 20.6. The van der Waals surface area contributed by atoms with Gasteiger partial charge in [-0.2, -0.15) is 0 Å². The van der Waals surface area contributed by atoms with E-state index in [2.05, 4.69) is 5.32 Å². The Balaban J connectivity index is 1.49. The minimum Gasteiger partial charge on any atom is -0.497 e. The molecule has 2 amide bonds. The van der Waals surface area contributed by atoms with Crippen molar-refractivity contribution in [3.63, 3.8) is 0 Å². The number of allylic oxidation sites excluding steroid dienone is 2. The number of imide groups is 1. The molecule has 2 aromatic carbocycles. The van der Waals surface area contributed by atoms with E-state index in [1.165, 1.54) is 6.07 Å². The summed E-state index contributed by atoms with van der Waals surface area (Å²) in [6.45, 7) is 0.490. The zero-order valence-electron chi connectivity index (χ0n) is 17.1. The number of fused-ring (bicyclic) bond motifs is 1. The van der Waals surface area contributed by atoms with Crippen LogP contribution in [0.2, 0.25) is 0 Å². The second kappa shape index (κ2) is 8.59. The van der Waals surface area contributed by atoms with Gasteiger partial charge in [-0.1, -0.05) is 24.3 Å². The Labute approximate surface area is 179 Å². The lowest BCUT2D eigenvalue weighted by Crippen LogP contribution is -2.30. The molecule has 1 aliphatic heterocycles. The molecule has 1 saturated heterocycles. The number of nitro benzene ring substituents is 1. The molecule has 0 aromatic heterocycles. The summed E-state index contributed by atoms with van der Waals surface area (Å²) in [5, 5.41) is 14.8. The van der Waals surface area contributed by atoms with Crippen molar-refractivity contribution in [2.75, 3.05) is 23.9 Å². The number of methoxy groups -OCH3 is 1. The van der Waals surface area contributed by atoms with Crippen LogP contribution < -0.4 is 15.0 Å². The molecule has 0 bridgehead atoms. The predicted molar refractivity (Wildman–Crippen MR) is 116 cm³/mol. The van der Waals surface area contributed by atoms with Crippen LogP contribution in [0.25, 0.3) is 0 Å². The molecule has 31 heavy (non-hydrogen) atoms. The Morgan fingerprint density at radius 3 is 2.29 bits per heavy atom. The first-order valence-electron chi connectivity index (χ1n) is 10.2. The average Bonchev–Trinajstić information content (AvgIpc) is 3.04. The quantitative estimate of drug-likeness (QED) is 0.316. The summed E-state index contributed by atoms with van der Waals surface area (Å²) in [6.07, 6.45) is 5.54. The fourth-order valence-corrected chi connectivity index (χ4v) is 4.15. The molecule has 160 valence electrons. The zero-order valence-corrected chi connectivity index (χ0v) is 17.1. The highest BCUT2D eigenvalue weighted by atomic mass is 16.6. The number of rotatable bonds is 7. The minimum atomic E-state index is -0.501. The van der Waals surface area contributed by atoms with E-state index in [-0.39, 0.29) is 35.0 Å². The molecule has 0 spiro atoms. The molecule has 1 fully saturated rings. The molecule has 2 aliphatic rings. The summed E-state index contributed by atoms with van der Waals surface area (Å²) in [5.41, 5.74) is 1.50. The SMILES string of the molecule is COc1ccc(CCNc2ccc(N3C(=O)C4CC=CCC4C3=O)cc2[N+](=O)[O-])cc1. The Kier molecular flexibility index (Phi) is 5.70. The van der Waals surface area contributed by atoms with E-state index >= 15 is 0 Å². The molecular weight excluding hydrogens is 398 g/mol. The number of carbonyl (C=O) groups excluding carboxylic acids is 2. The third-order valence-electron chi connectivity index (χ3n) is 5.83. The Bertz CT molecular complexity index is 1020. The Hall–Kier alpha value is -3.68. The summed E-state index contributed by atoms with van der Waals surface area (Å²) in [4.78, 5) is 37.8. The van der Waals surface area contributed by atoms with Gasteiger partial charge < -0.3 is 10.1 Å².